The Morgan fingerprint density at radius 3 is 2.88 bits per heavy atom. The first kappa shape index (κ1) is 18.3. The van der Waals surface area contributed by atoms with Gasteiger partial charge < -0.3 is 24.4 Å². The molecule has 24 heavy (non-hydrogen) atoms. The van der Waals surface area contributed by atoms with Gasteiger partial charge in [-0.3, -0.25) is 0 Å². The number of likely N-dealkylation sites (tertiary alicyclic amines) is 1. The Bertz CT molecular complexity index is 557. The second-order valence-electron chi connectivity index (χ2n) is 5.35. The van der Waals surface area contributed by atoms with Crippen molar-refractivity contribution < 1.29 is 27.8 Å². The Labute approximate surface area is 139 Å². The Hall–Kier alpha value is -2.09. The molecule has 1 fully saturated rings. The number of carbonyl (C=O) groups is 1. The highest BCUT2D eigenvalue weighted by atomic mass is 19.3. The number of halogens is 2. The maximum absolute atomic E-state index is 12.4. The molecule has 1 aliphatic rings. The molecule has 1 atom stereocenters. The number of ether oxygens (including phenoxy) is 3. The van der Waals surface area contributed by atoms with Crippen LogP contribution in [0, 0.1) is 0 Å². The van der Waals surface area contributed by atoms with Crippen LogP contribution in [0.5, 0.6) is 11.5 Å². The molecule has 0 radical (unpaired) electrons. The van der Waals surface area contributed by atoms with Crippen molar-refractivity contribution in [2.24, 2.45) is 0 Å². The van der Waals surface area contributed by atoms with Gasteiger partial charge in [0.1, 0.15) is 0 Å². The number of methoxy groups -OCH3 is 1. The average molecular weight is 344 g/mol. The quantitative estimate of drug-likeness (QED) is 0.824. The van der Waals surface area contributed by atoms with Gasteiger partial charge in [-0.05, 0) is 31.9 Å². The topological polar surface area (TPSA) is 60.0 Å². The van der Waals surface area contributed by atoms with Crippen LogP contribution in [0.3, 0.4) is 0 Å². The maximum atomic E-state index is 12.4. The summed E-state index contributed by atoms with van der Waals surface area (Å²) in [7, 11) is 1.60. The van der Waals surface area contributed by atoms with Gasteiger partial charge in [0.15, 0.2) is 11.5 Å². The fourth-order valence-electron chi connectivity index (χ4n) is 2.71. The van der Waals surface area contributed by atoms with Gasteiger partial charge >= 0.3 is 12.6 Å². The lowest BCUT2D eigenvalue weighted by atomic mass is 10.2. The van der Waals surface area contributed by atoms with Crippen LogP contribution in [-0.2, 0) is 4.74 Å². The number of hydrogen-bond acceptors (Lipinski definition) is 4. The van der Waals surface area contributed by atoms with Gasteiger partial charge in [0, 0.05) is 25.4 Å². The number of alkyl halides is 2. The van der Waals surface area contributed by atoms with Crippen molar-refractivity contribution in [3.8, 4) is 11.5 Å². The van der Waals surface area contributed by atoms with Gasteiger partial charge in [0.2, 0.25) is 0 Å². The van der Waals surface area contributed by atoms with Crippen LogP contribution in [0.4, 0.5) is 19.3 Å². The molecule has 2 rings (SSSR count). The van der Waals surface area contributed by atoms with E-state index < -0.39 is 6.61 Å². The zero-order valence-electron chi connectivity index (χ0n) is 13.8. The first-order valence-electron chi connectivity index (χ1n) is 7.83. The van der Waals surface area contributed by atoms with Crippen molar-refractivity contribution in [2.75, 3.05) is 32.2 Å². The molecule has 1 heterocycles. The molecular formula is C16H22F2N2O4. The molecule has 0 unspecified atom stereocenters. The predicted molar refractivity (Wildman–Crippen MR) is 84.9 cm³/mol. The molecular weight excluding hydrogens is 322 g/mol. The summed E-state index contributed by atoms with van der Waals surface area (Å²) >= 11 is 0. The van der Waals surface area contributed by atoms with Crippen molar-refractivity contribution in [3.63, 3.8) is 0 Å². The van der Waals surface area contributed by atoms with Gasteiger partial charge in [-0.1, -0.05) is 0 Å². The molecule has 0 aromatic heterocycles. The van der Waals surface area contributed by atoms with Crippen molar-refractivity contribution in [1.82, 2.24) is 4.90 Å². The lowest BCUT2D eigenvalue weighted by molar-refractivity contribution is -0.0514. The van der Waals surface area contributed by atoms with E-state index in [9.17, 15) is 13.6 Å². The Morgan fingerprint density at radius 1 is 1.42 bits per heavy atom. The Kier molecular flexibility index (Phi) is 6.60. The minimum atomic E-state index is -2.94. The van der Waals surface area contributed by atoms with Gasteiger partial charge in [0.05, 0.1) is 19.3 Å². The normalized spacial score (nSPS) is 17.2. The van der Waals surface area contributed by atoms with E-state index in [2.05, 4.69) is 10.1 Å². The fraction of sp³-hybridized carbons (Fsp3) is 0.562. The van der Waals surface area contributed by atoms with Crippen LogP contribution in [0.2, 0.25) is 0 Å². The summed E-state index contributed by atoms with van der Waals surface area (Å²) in [5.74, 6) is 0.0914. The summed E-state index contributed by atoms with van der Waals surface area (Å²) in [6.45, 7) is 0.226. The van der Waals surface area contributed by atoms with Crippen LogP contribution in [0.25, 0.3) is 0 Å². The highest BCUT2D eigenvalue weighted by Crippen LogP contribution is 2.32. The minimum Gasteiger partial charge on any atom is -0.490 e. The van der Waals surface area contributed by atoms with Crippen molar-refractivity contribution in [3.05, 3.63) is 18.2 Å². The summed E-state index contributed by atoms with van der Waals surface area (Å²) < 4.78 is 39.7. The fourth-order valence-corrected chi connectivity index (χ4v) is 2.71. The minimum absolute atomic E-state index is 0.0443. The third-order valence-electron chi connectivity index (χ3n) is 3.71. The first-order chi connectivity index (χ1) is 11.5. The summed E-state index contributed by atoms with van der Waals surface area (Å²) in [6.07, 6.45) is 1.82. The number of rotatable bonds is 7. The van der Waals surface area contributed by atoms with Crippen LogP contribution < -0.4 is 14.8 Å². The molecule has 0 aliphatic carbocycles. The smallest absolute Gasteiger partial charge is 0.387 e. The number of hydrogen-bond donors (Lipinski definition) is 1. The van der Waals surface area contributed by atoms with E-state index in [1.165, 1.54) is 18.2 Å². The molecule has 8 heteroatoms. The summed E-state index contributed by atoms with van der Waals surface area (Å²) in [5, 5.41) is 2.76. The number of amides is 2. The number of urea groups is 1. The SMILES string of the molecule is CCOc1cc(NC(=O)N2CCC[C@H]2COC)ccc1OC(F)F. The molecule has 1 aromatic carbocycles. The molecule has 6 nitrogen and oxygen atoms in total. The van der Waals surface area contributed by atoms with Crippen LogP contribution in [0.1, 0.15) is 19.8 Å². The number of carbonyl (C=O) groups excluding carboxylic acids is 1. The molecule has 2 amide bonds. The Balaban J connectivity index is 2.08. The molecule has 134 valence electrons. The maximum Gasteiger partial charge on any atom is 0.387 e. The molecule has 0 saturated carbocycles. The molecule has 0 spiro atoms. The number of anilines is 1. The zero-order valence-corrected chi connectivity index (χ0v) is 13.8. The molecule has 1 saturated heterocycles. The summed E-state index contributed by atoms with van der Waals surface area (Å²) in [6, 6.07) is 4.12. The van der Waals surface area contributed by atoms with E-state index in [4.69, 9.17) is 9.47 Å². The molecule has 0 bridgehead atoms. The number of nitrogens with zero attached hydrogens (tertiary/aromatic N) is 1. The monoisotopic (exact) mass is 344 g/mol. The van der Waals surface area contributed by atoms with E-state index in [0.29, 0.717) is 25.4 Å². The van der Waals surface area contributed by atoms with Crippen molar-refractivity contribution in [2.45, 2.75) is 32.4 Å². The first-order valence-corrected chi connectivity index (χ1v) is 7.83. The lowest BCUT2D eigenvalue weighted by Gasteiger charge is -2.24. The molecule has 1 N–H and O–H groups in total. The van der Waals surface area contributed by atoms with E-state index >= 15 is 0 Å². The summed E-state index contributed by atoms with van der Waals surface area (Å²) in [5.41, 5.74) is 0.452. The van der Waals surface area contributed by atoms with Gasteiger partial charge in [-0.2, -0.15) is 8.78 Å². The van der Waals surface area contributed by atoms with Crippen molar-refractivity contribution >= 4 is 11.7 Å². The van der Waals surface area contributed by atoms with Gasteiger partial charge in [-0.25, -0.2) is 4.79 Å². The second kappa shape index (κ2) is 8.68. The largest absolute Gasteiger partial charge is 0.490 e. The molecule has 1 aliphatic heterocycles. The van der Waals surface area contributed by atoms with Crippen LogP contribution in [0.15, 0.2) is 18.2 Å². The van der Waals surface area contributed by atoms with E-state index in [1.807, 2.05) is 0 Å². The highest BCUT2D eigenvalue weighted by Gasteiger charge is 2.28. The van der Waals surface area contributed by atoms with Crippen LogP contribution in [-0.4, -0.2) is 50.5 Å². The van der Waals surface area contributed by atoms with E-state index in [1.54, 1.807) is 18.9 Å². The van der Waals surface area contributed by atoms with Crippen LogP contribution >= 0.6 is 0 Å². The zero-order chi connectivity index (χ0) is 17.5. The van der Waals surface area contributed by atoms with E-state index in [-0.39, 0.29) is 23.6 Å². The third kappa shape index (κ3) is 4.70. The van der Waals surface area contributed by atoms with Gasteiger partial charge in [0.25, 0.3) is 0 Å². The second-order valence-corrected chi connectivity index (χ2v) is 5.35. The number of nitrogens with one attached hydrogen (secondary N) is 1. The summed E-state index contributed by atoms with van der Waals surface area (Å²) in [4.78, 5) is 14.1. The molecule has 1 aromatic rings. The third-order valence-corrected chi connectivity index (χ3v) is 3.71. The lowest BCUT2D eigenvalue weighted by Crippen LogP contribution is -2.40. The predicted octanol–water partition coefficient (Wildman–Crippen LogP) is 3.33. The highest BCUT2D eigenvalue weighted by molar-refractivity contribution is 5.90. The standard InChI is InChI=1S/C16H22F2N2O4/c1-3-23-14-9-11(6-7-13(14)24-15(17)18)19-16(21)20-8-4-5-12(20)10-22-2/h6-7,9,12,15H,3-5,8,10H2,1-2H3,(H,19,21)/t12-/m0/s1. The number of benzene rings is 1. The Morgan fingerprint density at radius 2 is 2.21 bits per heavy atom. The van der Waals surface area contributed by atoms with Crippen molar-refractivity contribution in [1.29, 1.82) is 0 Å². The van der Waals surface area contributed by atoms with E-state index in [0.717, 1.165) is 12.8 Å². The van der Waals surface area contributed by atoms with Gasteiger partial charge in [-0.15, -0.1) is 0 Å². The average Bonchev–Trinajstić information content (AvgIpc) is 2.98.